The number of aromatic nitrogens is 2. The number of carbonyl (C=O) groups excluding carboxylic acids is 1. The zero-order valence-corrected chi connectivity index (χ0v) is 15.8. The van der Waals surface area contributed by atoms with E-state index in [9.17, 15) is 9.90 Å². The zero-order chi connectivity index (χ0) is 19.0. The molecule has 1 amide bonds. The first kappa shape index (κ1) is 17.6. The van der Waals surface area contributed by atoms with E-state index < -0.39 is 0 Å². The van der Waals surface area contributed by atoms with Crippen LogP contribution < -0.4 is 4.90 Å². The van der Waals surface area contributed by atoms with Gasteiger partial charge >= 0.3 is 0 Å². The van der Waals surface area contributed by atoms with Crippen molar-refractivity contribution in [1.29, 1.82) is 0 Å². The third kappa shape index (κ3) is 3.42. The van der Waals surface area contributed by atoms with Crippen molar-refractivity contribution in [3.05, 3.63) is 53.2 Å². The van der Waals surface area contributed by atoms with Crippen LogP contribution in [0.25, 0.3) is 10.9 Å². The minimum absolute atomic E-state index is 0.0254. The van der Waals surface area contributed by atoms with Gasteiger partial charge in [0.05, 0.1) is 16.8 Å². The van der Waals surface area contributed by atoms with E-state index in [0.29, 0.717) is 11.5 Å². The topological polar surface area (TPSA) is 69.2 Å². The summed E-state index contributed by atoms with van der Waals surface area (Å²) in [5.74, 6) is 0.411. The third-order valence-corrected chi connectivity index (χ3v) is 5.67. The molecule has 0 unspecified atom stereocenters. The molecule has 140 valence electrons. The van der Waals surface area contributed by atoms with Crippen LogP contribution >= 0.6 is 0 Å². The number of nitrogens with zero attached hydrogens (tertiary/aromatic N) is 2. The number of benzene rings is 2. The lowest BCUT2D eigenvalue weighted by atomic mass is 9.99. The number of amides is 1. The maximum absolute atomic E-state index is 13.0. The lowest BCUT2D eigenvalue weighted by Crippen LogP contribution is -2.26. The maximum Gasteiger partial charge on any atom is 0.261 e. The monoisotopic (exact) mass is 363 g/mol. The van der Waals surface area contributed by atoms with Crippen molar-refractivity contribution >= 4 is 22.5 Å². The van der Waals surface area contributed by atoms with Crippen molar-refractivity contribution in [1.82, 2.24) is 10.2 Å². The minimum atomic E-state index is -0.230. The van der Waals surface area contributed by atoms with Crippen LogP contribution in [0.5, 0.6) is 5.75 Å². The van der Waals surface area contributed by atoms with Gasteiger partial charge in [-0.3, -0.25) is 9.89 Å². The molecule has 0 bridgehead atoms. The molecule has 2 aromatic carbocycles. The van der Waals surface area contributed by atoms with Gasteiger partial charge in [0, 0.05) is 24.2 Å². The molecule has 5 heteroatoms. The van der Waals surface area contributed by atoms with Gasteiger partial charge in [-0.1, -0.05) is 43.4 Å². The predicted molar refractivity (Wildman–Crippen MR) is 107 cm³/mol. The second kappa shape index (κ2) is 7.06. The van der Waals surface area contributed by atoms with Gasteiger partial charge in [0.15, 0.2) is 0 Å². The molecule has 27 heavy (non-hydrogen) atoms. The van der Waals surface area contributed by atoms with Crippen LogP contribution in [0.3, 0.4) is 0 Å². The number of nitrogens with one attached hydrogen (secondary N) is 1. The highest BCUT2D eigenvalue weighted by molar-refractivity contribution is 6.09. The number of carbonyl (C=O) groups is 1. The van der Waals surface area contributed by atoms with Crippen molar-refractivity contribution < 1.29 is 9.90 Å². The SMILES string of the molecule is Cc1ccc(N(C)C(=O)c2cc3c(CC4CCCC4)n[nH]c3cc2O)cc1. The van der Waals surface area contributed by atoms with Gasteiger partial charge in [0.1, 0.15) is 5.75 Å². The van der Waals surface area contributed by atoms with Crippen LogP contribution in [0, 0.1) is 12.8 Å². The number of fused-ring (bicyclic) bond motifs is 1. The van der Waals surface area contributed by atoms with E-state index in [-0.39, 0.29) is 11.7 Å². The number of H-pyrrole nitrogens is 1. The summed E-state index contributed by atoms with van der Waals surface area (Å²) >= 11 is 0. The van der Waals surface area contributed by atoms with Gasteiger partial charge in [-0.2, -0.15) is 5.10 Å². The summed E-state index contributed by atoms with van der Waals surface area (Å²) in [6.07, 6.45) is 5.99. The first-order valence-electron chi connectivity index (χ1n) is 9.57. The minimum Gasteiger partial charge on any atom is -0.507 e. The molecule has 2 N–H and O–H groups in total. The van der Waals surface area contributed by atoms with E-state index in [1.165, 1.54) is 25.7 Å². The molecular formula is C22H25N3O2. The molecule has 1 aromatic heterocycles. The number of hydrogen-bond donors (Lipinski definition) is 2. The molecule has 3 aromatic rings. The number of aryl methyl sites for hydroxylation is 1. The van der Waals surface area contributed by atoms with Crippen LogP contribution in [-0.2, 0) is 6.42 Å². The van der Waals surface area contributed by atoms with E-state index in [0.717, 1.165) is 34.3 Å². The second-order valence-electron chi connectivity index (χ2n) is 7.64. The quantitative estimate of drug-likeness (QED) is 0.712. The van der Waals surface area contributed by atoms with Gasteiger partial charge in [-0.05, 0) is 37.5 Å². The zero-order valence-electron chi connectivity index (χ0n) is 15.8. The number of aromatic hydroxyl groups is 1. The van der Waals surface area contributed by atoms with E-state index in [4.69, 9.17) is 0 Å². The smallest absolute Gasteiger partial charge is 0.261 e. The average molecular weight is 363 g/mol. The molecular weight excluding hydrogens is 338 g/mol. The molecule has 0 saturated heterocycles. The highest BCUT2D eigenvalue weighted by atomic mass is 16.3. The Hall–Kier alpha value is -2.82. The molecule has 1 heterocycles. The summed E-state index contributed by atoms with van der Waals surface area (Å²) in [6.45, 7) is 2.01. The molecule has 4 rings (SSSR count). The number of aromatic amines is 1. The van der Waals surface area contributed by atoms with Crippen molar-refractivity contribution in [3.63, 3.8) is 0 Å². The first-order chi connectivity index (χ1) is 13.0. The van der Waals surface area contributed by atoms with Gasteiger partial charge < -0.3 is 10.0 Å². The molecule has 5 nitrogen and oxygen atoms in total. The largest absolute Gasteiger partial charge is 0.507 e. The Morgan fingerprint density at radius 3 is 2.63 bits per heavy atom. The third-order valence-electron chi connectivity index (χ3n) is 5.67. The summed E-state index contributed by atoms with van der Waals surface area (Å²) < 4.78 is 0. The maximum atomic E-state index is 13.0. The van der Waals surface area contributed by atoms with Crippen LogP contribution in [0.2, 0.25) is 0 Å². The lowest BCUT2D eigenvalue weighted by molar-refractivity contribution is 0.0990. The summed E-state index contributed by atoms with van der Waals surface area (Å²) in [6, 6.07) is 11.1. The Labute approximate surface area is 159 Å². The molecule has 0 atom stereocenters. The number of hydrogen-bond acceptors (Lipinski definition) is 3. The van der Waals surface area contributed by atoms with Crippen LogP contribution in [-0.4, -0.2) is 28.3 Å². The Morgan fingerprint density at radius 1 is 1.22 bits per heavy atom. The summed E-state index contributed by atoms with van der Waals surface area (Å²) in [7, 11) is 1.73. The van der Waals surface area contributed by atoms with E-state index in [1.54, 1.807) is 24.1 Å². The Morgan fingerprint density at radius 2 is 1.93 bits per heavy atom. The molecule has 1 fully saturated rings. The summed E-state index contributed by atoms with van der Waals surface area (Å²) in [5.41, 5.74) is 4.00. The van der Waals surface area contributed by atoms with Gasteiger partial charge in [0.25, 0.3) is 5.91 Å². The number of rotatable bonds is 4. The van der Waals surface area contributed by atoms with Crippen LogP contribution in [0.4, 0.5) is 5.69 Å². The van der Waals surface area contributed by atoms with Gasteiger partial charge in [-0.15, -0.1) is 0 Å². The Kier molecular flexibility index (Phi) is 4.60. The first-order valence-corrected chi connectivity index (χ1v) is 9.57. The Bertz CT molecular complexity index is 969. The molecule has 1 aliphatic carbocycles. The van der Waals surface area contributed by atoms with Crippen LogP contribution in [0.15, 0.2) is 36.4 Å². The molecule has 0 aliphatic heterocycles. The molecule has 1 aliphatic rings. The second-order valence-corrected chi connectivity index (χ2v) is 7.64. The Balaban J connectivity index is 1.66. The highest BCUT2D eigenvalue weighted by Crippen LogP contribution is 2.32. The average Bonchev–Trinajstić information content (AvgIpc) is 3.31. The van der Waals surface area contributed by atoms with Crippen molar-refractivity contribution in [3.8, 4) is 5.75 Å². The van der Waals surface area contributed by atoms with Crippen molar-refractivity contribution in [2.75, 3.05) is 11.9 Å². The molecule has 0 spiro atoms. The lowest BCUT2D eigenvalue weighted by Gasteiger charge is -2.18. The fraction of sp³-hybridized carbons (Fsp3) is 0.364. The number of phenols is 1. The molecule has 1 saturated carbocycles. The predicted octanol–water partition coefficient (Wildman–Crippen LogP) is 4.59. The van der Waals surface area contributed by atoms with E-state index >= 15 is 0 Å². The number of anilines is 1. The van der Waals surface area contributed by atoms with Gasteiger partial charge in [-0.25, -0.2) is 0 Å². The number of phenolic OH excluding ortho intramolecular Hbond substituents is 1. The normalized spacial score (nSPS) is 14.7. The molecule has 0 radical (unpaired) electrons. The van der Waals surface area contributed by atoms with Crippen LogP contribution in [0.1, 0.15) is 47.3 Å². The highest BCUT2D eigenvalue weighted by Gasteiger charge is 2.22. The summed E-state index contributed by atoms with van der Waals surface area (Å²) in [4.78, 5) is 14.6. The fourth-order valence-electron chi connectivity index (χ4n) is 3.99. The van der Waals surface area contributed by atoms with Crippen molar-refractivity contribution in [2.24, 2.45) is 5.92 Å². The van der Waals surface area contributed by atoms with Crippen molar-refractivity contribution in [2.45, 2.75) is 39.0 Å². The van der Waals surface area contributed by atoms with E-state index in [2.05, 4.69) is 10.2 Å². The van der Waals surface area contributed by atoms with Gasteiger partial charge in [0.2, 0.25) is 0 Å². The standard InChI is InChI=1S/C22H25N3O2/c1-14-7-9-16(10-8-14)25(2)22(27)18-12-17-19(11-15-5-3-4-6-15)23-24-20(17)13-21(18)26/h7-10,12-13,15,26H,3-6,11H2,1-2H3,(H,23,24). The van der Waals surface area contributed by atoms with E-state index in [1.807, 2.05) is 31.2 Å². The summed E-state index contributed by atoms with van der Waals surface area (Å²) in [5, 5.41) is 18.8. The fourth-order valence-corrected chi connectivity index (χ4v) is 3.99.